The summed E-state index contributed by atoms with van der Waals surface area (Å²) in [6, 6.07) is 12.1. The van der Waals surface area contributed by atoms with Crippen LogP contribution in [-0.2, 0) is 0 Å². The Morgan fingerprint density at radius 2 is 1.89 bits per heavy atom. The average molecular weight is 365 g/mol. The molecule has 1 aromatic carbocycles. The molecule has 0 atom stereocenters. The van der Waals surface area contributed by atoms with Crippen LogP contribution >= 0.6 is 0 Å². The Kier molecular flexibility index (Phi) is 4.93. The van der Waals surface area contributed by atoms with Crippen LogP contribution in [0.5, 0.6) is 5.75 Å². The number of hydrogen-bond acceptors (Lipinski definition) is 7. The first-order valence-corrected chi connectivity index (χ1v) is 8.98. The number of piperazine rings is 1. The second-order valence-corrected chi connectivity index (χ2v) is 6.58. The lowest BCUT2D eigenvalue weighted by atomic mass is 10.2. The van der Waals surface area contributed by atoms with Gasteiger partial charge in [-0.3, -0.25) is 0 Å². The van der Waals surface area contributed by atoms with E-state index in [0.29, 0.717) is 11.8 Å². The average Bonchev–Trinajstić information content (AvgIpc) is 3.18. The maximum Gasteiger partial charge on any atom is 0.299 e. The number of methoxy groups -OCH3 is 1. The van der Waals surface area contributed by atoms with Gasteiger partial charge in [0.05, 0.1) is 25.2 Å². The quantitative estimate of drug-likeness (QED) is 0.744. The van der Waals surface area contributed by atoms with Crippen molar-refractivity contribution < 1.29 is 9.15 Å². The van der Waals surface area contributed by atoms with Gasteiger partial charge in [-0.15, -0.1) is 0 Å². The molecule has 1 aliphatic heterocycles. The van der Waals surface area contributed by atoms with E-state index in [1.165, 1.54) is 0 Å². The van der Waals surface area contributed by atoms with Crippen molar-refractivity contribution in [3.63, 3.8) is 0 Å². The van der Waals surface area contributed by atoms with E-state index in [1.807, 2.05) is 42.6 Å². The molecule has 1 aliphatic rings. The number of anilines is 3. The van der Waals surface area contributed by atoms with E-state index in [2.05, 4.69) is 32.1 Å². The zero-order chi connectivity index (χ0) is 18.6. The number of benzene rings is 1. The van der Waals surface area contributed by atoms with Gasteiger partial charge in [-0.1, -0.05) is 12.1 Å². The predicted octanol–water partition coefficient (Wildman–Crippen LogP) is 3.24. The first-order chi connectivity index (χ1) is 13.2. The minimum absolute atomic E-state index is 0.432. The summed E-state index contributed by atoms with van der Waals surface area (Å²) in [4.78, 5) is 13.5. The standard InChI is InChI=1S/C20H23N5O2/c1-24-8-10-25(11-9-24)19-7-6-16(13-21-19)23-20-22-14-18(27-20)15-4-3-5-17(12-15)26-2/h3-7,12-14H,8-11H2,1-2H3,(H,22,23). The lowest BCUT2D eigenvalue weighted by Gasteiger charge is -2.33. The number of likely N-dealkylation sites (N-methyl/N-ethyl adjacent to an activating group) is 1. The highest BCUT2D eigenvalue weighted by Gasteiger charge is 2.15. The SMILES string of the molecule is COc1cccc(-c2cnc(Nc3ccc(N4CCN(C)CC4)nc3)o2)c1. The number of oxazole rings is 1. The molecule has 0 amide bonds. The summed E-state index contributed by atoms with van der Waals surface area (Å²) < 4.78 is 11.1. The highest BCUT2D eigenvalue weighted by molar-refractivity contribution is 5.61. The first kappa shape index (κ1) is 17.4. The van der Waals surface area contributed by atoms with Crippen molar-refractivity contribution in [3.05, 3.63) is 48.8 Å². The largest absolute Gasteiger partial charge is 0.497 e. The number of nitrogens with zero attached hydrogens (tertiary/aromatic N) is 4. The van der Waals surface area contributed by atoms with Gasteiger partial charge in [0.2, 0.25) is 0 Å². The van der Waals surface area contributed by atoms with E-state index in [9.17, 15) is 0 Å². The van der Waals surface area contributed by atoms with E-state index in [0.717, 1.165) is 49.0 Å². The highest BCUT2D eigenvalue weighted by Crippen LogP contribution is 2.27. The summed E-state index contributed by atoms with van der Waals surface area (Å²) >= 11 is 0. The normalized spacial score (nSPS) is 15.0. The molecule has 3 aromatic rings. The summed E-state index contributed by atoms with van der Waals surface area (Å²) in [6.07, 6.45) is 3.51. The molecule has 4 rings (SSSR count). The molecule has 0 radical (unpaired) electrons. The number of pyridine rings is 1. The molecule has 7 heteroatoms. The molecule has 0 bridgehead atoms. The fourth-order valence-corrected chi connectivity index (χ4v) is 3.05. The Hall–Kier alpha value is -3.06. The number of nitrogens with one attached hydrogen (secondary N) is 1. The smallest absolute Gasteiger partial charge is 0.299 e. The van der Waals surface area contributed by atoms with Crippen molar-refractivity contribution in [2.75, 3.05) is 50.6 Å². The van der Waals surface area contributed by atoms with Gasteiger partial charge in [0.15, 0.2) is 5.76 Å². The Bertz CT molecular complexity index is 885. The number of rotatable bonds is 5. The van der Waals surface area contributed by atoms with E-state index < -0.39 is 0 Å². The molecule has 1 N–H and O–H groups in total. The third-order valence-corrected chi connectivity index (χ3v) is 4.69. The van der Waals surface area contributed by atoms with Crippen LogP contribution in [0.2, 0.25) is 0 Å². The van der Waals surface area contributed by atoms with Gasteiger partial charge < -0.3 is 24.3 Å². The molecule has 27 heavy (non-hydrogen) atoms. The number of ether oxygens (including phenoxy) is 1. The fourth-order valence-electron chi connectivity index (χ4n) is 3.05. The van der Waals surface area contributed by atoms with E-state index in [1.54, 1.807) is 13.3 Å². The molecule has 0 spiro atoms. The zero-order valence-electron chi connectivity index (χ0n) is 15.6. The maximum atomic E-state index is 5.81. The molecule has 0 saturated carbocycles. The minimum atomic E-state index is 0.432. The molecule has 140 valence electrons. The van der Waals surface area contributed by atoms with Crippen LogP contribution in [0.15, 0.2) is 53.2 Å². The molecule has 7 nitrogen and oxygen atoms in total. The topological polar surface area (TPSA) is 66.7 Å². The van der Waals surface area contributed by atoms with Crippen LogP contribution in [0.25, 0.3) is 11.3 Å². The number of aromatic nitrogens is 2. The van der Waals surface area contributed by atoms with Gasteiger partial charge in [0.1, 0.15) is 11.6 Å². The molecular formula is C20H23N5O2. The molecule has 0 unspecified atom stereocenters. The summed E-state index contributed by atoms with van der Waals surface area (Å²) in [5.74, 6) is 2.46. The van der Waals surface area contributed by atoms with Crippen LogP contribution in [0, 0.1) is 0 Å². The van der Waals surface area contributed by atoms with Crippen molar-refractivity contribution in [2.45, 2.75) is 0 Å². The van der Waals surface area contributed by atoms with Crippen LogP contribution in [0.1, 0.15) is 0 Å². The van der Waals surface area contributed by atoms with Gasteiger partial charge in [0, 0.05) is 31.7 Å². The van der Waals surface area contributed by atoms with Crippen molar-refractivity contribution in [1.29, 1.82) is 0 Å². The fraction of sp³-hybridized carbons (Fsp3) is 0.300. The molecule has 1 saturated heterocycles. The Morgan fingerprint density at radius 1 is 1.04 bits per heavy atom. The van der Waals surface area contributed by atoms with E-state index in [4.69, 9.17) is 9.15 Å². The van der Waals surface area contributed by atoms with Crippen LogP contribution in [-0.4, -0.2) is 55.2 Å². The van der Waals surface area contributed by atoms with Gasteiger partial charge in [0.25, 0.3) is 6.01 Å². The van der Waals surface area contributed by atoms with Crippen molar-refractivity contribution >= 4 is 17.5 Å². The molecule has 3 heterocycles. The molecule has 1 fully saturated rings. The first-order valence-electron chi connectivity index (χ1n) is 8.98. The minimum Gasteiger partial charge on any atom is -0.497 e. The maximum absolute atomic E-state index is 5.81. The molecule has 2 aromatic heterocycles. The second kappa shape index (κ2) is 7.67. The predicted molar refractivity (Wildman–Crippen MR) is 106 cm³/mol. The van der Waals surface area contributed by atoms with Gasteiger partial charge in [-0.25, -0.2) is 9.97 Å². The zero-order valence-corrected chi connectivity index (χ0v) is 15.6. The molecular weight excluding hydrogens is 342 g/mol. The highest BCUT2D eigenvalue weighted by atomic mass is 16.5. The van der Waals surface area contributed by atoms with Gasteiger partial charge in [-0.2, -0.15) is 0 Å². The number of hydrogen-bond donors (Lipinski definition) is 1. The Labute approximate surface area is 158 Å². The summed E-state index contributed by atoms with van der Waals surface area (Å²) in [5.41, 5.74) is 1.75. The van der Waals surface area contributed by atoms with Crippen LogP contribution < -0.4 is 15.0 Å². The van der Waals surface area contributed by atoms with Crippen LogP contribution in [0.3, 0.4) is 0 Å². The monoisotopic (exact) mass is 365 g/mol. The third-order valence-electron chi connectivity index (χ3n) is 4.69. The third kappa shape index (κ3) is 4.03. The van der Waals surface area contributed by atoms with Gasteiger partial charge in [-0.05, 0) is 31.3 Å². The van der Waals surface area contributed by atoms with Gasteiger partial charge >= 0.3 is 0 Å². The van der Waals surface area contributed by atoms with Crippen molar-refractivity contribution in [3.8, 4) is 17.1 Å². The van der Waals surface area contributed by atoms with Crippen molar-refractivity contribution in [2.24, 2.45) is 0 Å². The lowest BCUT2D eigenvalue weighted by Crippen LogP contribution is -2.44. The van der Waals surface area contributed by atoms with Crippen molar-refractivity contribution in [1.82, 2.24) is 14.9 Å². The lowest BCUT2D eigenvalue weighted by molar-refractivity contribution is 0.312. The Balaban J connectivity index is 1.43. The summed E-state index contributed by atoms with van der Waals surface area (Å²) in [7, 11) is 3.79. The van der Waals surface area contributed by atoms with E-state index in [-0.39, 0.29) is 0 Å². The Morgan fingerprint density at radius 3 is 2.63 bits per heavy atom. The van der Waals surface area contributed by atoms with Crippen LogP contribution in [0.4, 0.5) is 17.5 Å². The summed E-state index contributed by atoms with van der Waals surface area (Å²) in [5, 5.41) is 3.16. The van der Waals surface area contributed by atoms with E-state index >= 15 is 0 Å². The second-order valence-electron chi connectivity index (χ2n) is 6.58. The summed E-state index contributed by atoms with van der Waals surface area (Å²) in [6.45, 7) is 4.12. The molecule has 0 aliphatic carbocycles.